The molecule has 0 aliphatic carbocycles. The lowest BCUT2D eigenvalue weighted by atomic mass is 10.1. The van der Waals surface area contributed by atoms with E-state index in [0.717, 1.165) is 29.4 Å². The molecule has 20 heavy (non-hydrogen) atoms. The first-order chi connectivity index (χ1) is 9.65. The summed E-state index contributed by atoms with van der Waals surface area (Å²) in [6, 6.07) is 9.82. The summed E-state index contributed by atoms with van der Waals surface area (Å²) < 4.78 is 5.40. The van der Waals surface area contributed by atoms with E-state index in [2.05, 4.69) is 36.1 Å². The van der Waals surface area contributed by atoms with E-state index in [-0.39, 0.29) is 0 Å². The quantitative estimate of drug-likeness (QED) is 0.900. The predicted molar refractivity (Wildman–Crippen MR) is 82.3 cm³/mol. The van der Waals surface area contributed by atoms with E-state index in [9.17, 15) is 0 Å². The van der Waals surface area contributed by atoms with Crippen LogP contribution in [0.2, 0.25) is 0 Å². The van der Waals surface area contributed by atoms with E-state index in [1.54, 1.807) is 7.11 Å². The summed E-state index contributed by atoms with van der Waals surface area (Å²) in [5, 5.41) is 3.26. The molecule has 1 aromatic heterocycles. The van der Waals surface area contributed by atoms with Crippen molar-refractivity contribution in [2.75, 3.05) is 19.0 Å². The summed E-state index contributed by atoms with van der Waals surface area (Å²) in [6.07, 6.45) is 0. The van der Waals surface area contributed by atoms with Crippen molar-refractivity contribution in [3.63, 3.8) is 0 Å². The Balaban J connectivity index is 2.54. The number of hydrogen-bond acceptors (Lipinski definition) is 4. The molecule has 0 aliphatic rings. The summed E-state index contributed by atoms with van der Waals surface area (Å²) in [7, 11) is 1.66. The van der Waals surface area contributed by atoms with Crippen molar-refractivity contribution in [2.45, 2.75) is 26.7 Å². The van der Waals surface area contributed by atoms with Gasteiger partial charge in [0.05, 0.1) is 12.7 Å². The Morgan fingerprint density at radius 1 is 1.20 bits per heavy atom. The van der Waals surface area contributed by atoms with E-state index < -0.39 is 0 Å². The van der Waals surface area contributed by atoms with Gasteiger partial charge in [-0.15, -0.1) is 0 Å². The van der Waals surface area contributed by atoms with Gasteiger partial charge < -0.3 is 10.1 Å². The summed E-state index contributed by atoms with van der Waals surface area (Å²) >= 11 is 0. The van der Waals surface area contributed by atoms with Crippen LogP contribution in [0.15, 0.2) is 30.3 Å². The summed E-state index contributed by atoms with van der Waals surface area (Å²) in [5.74, 6) is 2.69. The fourth-order valence-corrected chi connectivity index (χ4v) is 1.98. The van der Waals surface area contributed by atoms with Gasteiger partial charge in [-0.05, 0) is 25.0 Å². The highest BCUT2D eigenvalue weighted by atomic mass is 16.5. The van der Waals surface area contributed by atoms with Crippen molar-refractivity contribution in [3.8, 4) is 17.1 Å². The first-order valence-electron chi connectivity index (χ1n) is 6.92. The number of nitrogens with zero attached hydrogens (tertiary/aromatic N) is 2. The average Bonchev–Trinajstić information content (AvgIpc) is 2.47. The number of para-hydroxylation sites is 1. The summed E-state index contributed by atoms with van der Waals surface area (Å²) in [4.78, 5) is 9.25. The standard InChI is InChI=1S/C16H21N3O/c1-5-17-15-10-13(11(2)3)18-16(19-15)12-8-6-7-9-14(12)20-4/h6-11H,5H2,1-4H3,(H,17,18,19). The first kappa shape index (κ1) is 14.3. The van der Waals surface area contributed by atoms with Gasteiger partial charge in [0, 0.05) is 18.3 Å². The summed E-state index contributed by atoms with van der Waals surface area (Å²) in [6.45, 7) is 7.15. The topological polar surface area (TPSA) is 47.0 Å². The molecule has 0 bridgehead atoms. The highest BCUT2D eigenvalue weighted by Gasteiger charge is 2.12. The van der Waals surface area contributed by atoms with E-state index in [1.807, 2.05) is 30.3 Å². The minimum Gasteiger partial charge on any atom is -0.496 e. The molecular formula is C16H21N3O. The first-order valence-corrected chi connectivity index (χ1v) is 6.92. The molecule has 0 spiro atoms. The Bertz CT molecular complexity index is 582. The maximum atomic E-state index is 5.40. The van der Waals surface area contributed by atoms with E-state index >= 15 is 0 Å². The van der Waals surface area contributed by atoms with Crippen LogP contribution in [0.1, 0.15) is 32.4 Å². The molecule has 0 unspecified atom stereocenters. The lowest BCUT2D eigenvalue weighted by Gasteiger charge is -2.12. The highest BCUT2D eigenvalue weighted by molar-refractivity contribution is 5.65. The minimum absolute atomic E-state index is 0.351. The third-order valence-electron chi connectivity index (χ3n) is 3.04. The second-order valence-corrected chi connectivity index (χ2v) is 4.89. The van der Waals surface area contributed by atoms with Gasteiger partial charge in [-0.2, -0.15) is 0 Å². The molecule has 2 rings (SSSR count). The Morgan fingerprint density at radius 3 is 2.60 bits per heavy atom. The molecule has 0 saturated heterocycles. The average molecular weight is 271 g/mol. The Hall–Kier alpha value is -2.10. The number of nitrogens with one attached hydrogen (secondary N) is 1. The molecule has 1 N–H and O–H groups in total. The van der Waals surface area contributed by atoms with Crippen LogP contribution in [0, 0.1) is 0 Å². The van der Waals surface area contributed by atoms with Gasteiger partial charge in [0.2, 0.25) is 0 Å². The zero-order valence-corrected chi connectivity index (χ0v) is 12.5. The van der Waals surface area contributed by atoms with Gasteiger partial charge >= 0.3 is 0 Å². The minimum atomic E-state index is 0.351. The van der Waals surface area contributed by atoms with Gasteiger partial charge in [-0.25, -0.2) is 9.97 Å². The summed E-state index contributed by atoms with van der Waals surface area (Å²) in [5.41, 5.74) is 1.94. The molecule has 0 saturated carbocycles. The maximum Gasteiger partial charge on any atom is 0.165 e. The molecule has 1 heterocycles. The molecule has 0 fully saturated rings. The van der Waals surface area contributed by atoms with E-state index in [1.165, 1.54) is 0 Å². The van der Waals surface area contributed by atoms with Gasteiger partial charge in [-0.3, -0.25) is 0 Å². The van der Waals surface area contributed by atoms with Crippen LogP contribution in [-0.4, -0.2) is 23.6 Å². The fraction of sp³-hybridized carbons (Fsp3) is 0.375. The zero-order valence-electron chi connectivity index (χ0n) is 12.5. The van der Waals surface area contributed by atoms with Crippen molar-refractivity contribution in [1.82, 2.24) is 9.97 Å². The second kappa shape index (κ2) is 6.37. The molecule has 0 radical (unpaired) electrons. The number of anilines is 1. The number of rotatable bonds is 5. The Kier molecular flexibility index (Phi) is 4.56. The van der Waals surface area contributed by atoms with Crippen LogP contribution >= 0.6 is 0 Å². The molecule has 4 heteroatoms. The van der Waals surface area contributed by atoms with Crippen LogP contribution < -0.4 is 10.1 Å². The zero-order chi connectivity index (χ0) is 14.5. The lowest BCUT2D eigenvalue weighted by Crippen LogP contribution is -2.05. The van der Waals surface area contributed by atoms with Gasteiger partial charge in [0.1, 0.15) is 11.6 Å². The van der Waals surface area contributed by atoms with Crippen LogP contribution in [0.25, 0.3) is 11.4 Å². The largest absolute Gasteiger partial charge is 0.496 e. The number of benzene rings is 1. The van der Waals surface area contributed by atoms with Crippen LogP contribution in [0.4, 0.5) is 5.82 Å². The monoisotopic (exact) mass is 271 g/mol. The molecule has 0 atom stereocenters. The molecule has 4 nitrogen and oxygen atoms in total. The highest BCUT2D eigenvalue weighted by Crippen LogP contribution is 2.29. The lowest BCUT2D eigenvalue weighted by molar-refractivity contribution is 0.416. The van der Waals surface area contributed by atoms with Crippen molar-refractivity contribution >= 4 is 5.82 Å². The molecular weight excluding hydrogens is 250 g/mol. The second-order valence-electron chi connectivity index (χ2n) is 4.89. The molecule has 2 aromatic rings. The molecule has 0 aliphatic heterocycles. The normalized spacial score (nSPS) is 10.7. The maximum absolute atomic E-state index is 5.40. The van der Waals surface area contributed by atoms with Crippen LogP contribution in [0.3, 0.4) is 0 Å². The van der Waals surface area contributed by atoms with Crippen molar-refractivity contribution in [3.05, 3.63) is 36.0 Å². The van der Waals surface area contributed by atoms with E-state index in [4.69, 9.17) is 4.74 Å². The van der Waals surface area contributed by atoms with Gasteiger partial charge in [-0.1, -0.05) is 26.0 Å². The number of ether oxygens (including phenoxy) is 1. The molecule has 106 valence electrons. The Morgan fingerprint density at radius 2 is 1.95 bits per heavy atom. The smallest absolute Gasteiger partial charge is 0.165 e. The van der Waals surface area contributed by atoms with Crippen LogP contribution in [-0.2, 0) is 0 Å². The van der Waals surface area contributed by atoms with Crippen LogP contribution in [0.5, 0.6) is 5.75 Å². The predicted octanol–water partition coefficient (Wildman–Crippen LogP) is 3.71. The van der Waals surface area contributed by atoms with Gasteiger partial charge in [0.15, 0.2) is 5.82 Å². The molecule has 1 aromatic carbocycles. The van der Waals surface area contributed by atoms with Crippen molar-refractivity contribution < 1.29 is 4.74 Å². The Labute approximate surface area is 120 Å². The number of methoxy groups -OCH3 is 1. The third kappa shape index (κ3) is 3.07. The number of hydrogen-bond donors (Lipinski definition) is 1. The fourth-order valence-electron chi connectivity index (χ4n) is 1.98. The SMILES string of the molecule is CCNc1cc(C(C)C)nc(-c2ccccc2OC)n1. The van der Waals surface area contributed by atoms with E-state index in [0.29, 0.717) is 11.7 Å². The third-order valence-corrected chi connectivity index (χ3v) is 3.04. The van der Waals surface area contributed by atoms with Crippen molar-refractivity contribution in [2.24, 2.45) is 0 Å². The number of aromatic nitrogens is 2. The van der Waals surface area contributed by atoms with Crippen molar-refractivity contribution in [1.29, 1.82) is 0 Å². The van der Waals surface area contributed by atoms with Gasteiger partial charge in [0.25, 0.3) is 0 Å². The molecule has 0 amide bonds.